The Bertz CT molecular complexity index is 843. The van der Waals surface area contributed by atoms with Crippen molar-refractivity contribution < 1.29 is 9.18 Å². The maximum atomic E-state index is 13.2. The molecule has 1 heterocycles. The van der Waals surface area contributed by atoms with Crippen molar-refractivity contribution in [3.63, 3.8) is 0 Å². The summed E-state index contributed by atoms with van der Waals surface area (Å²) in [5.74, 6) is -0.480. The standard InChI is InChI=1S/C16H11BrFNOS/c1-9-2-5-12(8-13(9)17)19-16(20)15-6-10-3-4-11(18)7-14(10)21-15/h2-8H,1H3,(H,19,20). The van der Waals surface area contributed by atoms with Crippen molar-refractivity contribution in [3.05, 3.63) is 63.2 Å². The van der Waals surface area contributed by atoms with Crippen molar-refractivity contribution in [2.75, 3.05) is 5.32 Å². The average Bonchev–Trinajstić information content (AvgIpc) is 2.86. The Hall–Kier alpha value is -1.72. The lowest BCUT2D eigenvalue weighted by Crippen LogP contribution is -2.09. The summed E-state index contributed by atoms with van der Waals surface area (Å²) in [5, 5.41) is 3.72. The normalized spacial score (nSPS) is 10.8. The van der Waals surface area contributed by atoms with E-state index in [2.05, 4.69) is 21.2 Å². The highest BCUT2D eigenvalue weighted by Crippen LogP contribution is 2.27. The molecule has 106 valence electrons. The Morgan fingerprint density at radius 1 is 1.19 bits per heavy atom. The fourth-order valence-electron chi connectivity index (χ4n) is 1.98. The van der Waals surface area contributed by atoms with Crippen LogP contribution in [0.4, 0.5) is 10.1 Å². The van der Waals surface area contributed by atoms with E-state index >= 15 is 0 Å². The van der Waals surface area contributed by atoms with Gasteiger partial charge in [0.25, 0.3) is 5.91 Å². The van der Waals surface area contributed by atoms with Gasteiger partial charge in [-0.25, -0.2) is 4.39 Å². The number of halogens is 2. The van der Waals surface area contributed by atoms with Crippen LogP contribution < -0.4 is 5.32 Å². The van der Waals surface area contributed by atoms with Crippen molar-refractivity contribution >= 4 is 48.9 Å². The molecule has 3 rings (SSSR count). The second-order valence-corrected chi connectivity index (χ2v) is 6.65. The lowest BCUT2D eigenvalue weighted by atomic mass is 10.2. The molecule has 0 radical (unpaired) electrons. The van der Waals surface area contributed by atoms with Gasteiger partial charge in [0.2, 0.25) is 0 Å². The second kappa shape index (κ2) is 5.58. The van der Waals surface area contributed by atoms with Gasteiger partial charge in [0.05, 0.1) is 4.88 Å². The lowest BCUT2D eigenvalue weighted by molar-refractivity contribution is 0.103. The van der Waals surface area contributed by atoms with Crippen molar-refractivity contribution in [2.45, 2.75) is 6.92 Å². The first-order valence-corrected chi connectivity index (χ1v) is 7.90. The van der Waals surface area contributed by atoms with Crippen LogP contribution in [0.2, 0.25) is 0 Å². The third kappa shape index (κ3) is 2.99. The molecule has 0 saturated heterocycles. The van der Waals surface area contributed by atoms with E-state index in [0.29, 0.717) is 4.88 Å². The van der Waals surface area contributed by atoms with Crippen LogP contribution in [0.3, 0.4) is 0 Å². The molecule has 5 heteroatoms. The minimum absolute atomic E-state index is 0.188. The van der Waals surface area contributed by atoms with E-state index in [4.69, 9.17) is 0 Å². The Morgan fingerprint density at radius 3 is 2.76 bits per heavy atom. The lowest BCUT2D eigenvalue weighted by Gasteiger charge is -2.05. The van der Waals surface area contributed by atoms with Gasteiger partial charge in [-0.2, -0.15) is 0 Å². The molecule has 0 aliphatic carbocycles. The molecule has 0 aliphatic heterocycles. The van der Waals surface area contributed by atoms with E-state index in [1.165, 1.54) is 23.5 Å². The fourth-order valence-corrected chi connectivity index (χ4v) is 3.34. The van der Waals surface area contributed by atoms with Gasteiger partial charge in [-0.05, 0) is 48.2 Å². The Morgan fingerprint density at radius 2 is 2.00 bits per heavy atom. The number of benzene rings is 2. The zero-order valence-electron chi connectivity index (χ0n) is 11.1. The summed E-state index contributed by atoms with van der Waals surface area (Å²) in [6, 6.07) is 11.9. The van der Waals surface area contributed by atoms with E-state index < -0.39 is 0 Å². The number of carbonyl (C=O) groups is 1. The fraction of sp³-hybridized carbons (Fsp3) is 0.0625. The van der Waals surface area contributed by atoms with Crippen LogP contribution in [0.15, 0.2) is 46.9 Å². The molecule has 0 atom stereocenters. The number of rotatable bonds is 2. The van der Waals surface area contributed by atoms with Gasteiger partial charge >= 0.3 is 0 Å². The molecule has 0 spiro atoms. The van der Waals surface area contributed by atoms with Crippen molar-refractivity contribution in [2.24, 2.45) is 0 Å². The topological polar surface area (TPSA) is 29.1 Å². The highest BCUT2D eigenvalue weighted by Gasteiger charge is 2.11. The molecule has 1 aromatic heterocycles. The Balaban J connectivity index is 1.87. The SMILES string of the molecule is Cc1ccc(NC(=O)c2cc3ccc(F)cc3s2)cc1Br. The third-order valence-corrected chi connectivity index (χ3v) is 5.09. The van der Waals surface area contributed by atoms with Gasteiger partial charge in [0.1, 0.15) is 5.82 Å². The number of amides is 1. The molecular formula is C16H11BrFNOS. The molecule has 2 aromatic carbocycles. The summed E-state index contributed by atoms with van der Waals surface area (Å²) in [6.07, 6.45) is 0. The zero-order chi connectivity index (χ0) is 15.0. The van der Waals surface area contributed by atoms with E-state index in [1.54, 1.807) is 12.1 Å². The zero-order valence-corrected chi connectivity index (χ0v) is 13.5. The first-order valence-electron chi connectivity index (χ1n) is 6.29. The van der Waals surface area contributed by atoms with E-state index in [9.17, 15) is 9.18 Å². The van der Waals surface area contributed by atoms with Gasteiger partial charge < -0.3 is 5.32 Å². The summed E-state index contributed by atoms with van der Waals surface area (Å²) in [7, 11) is 0. The van der Waals surface area contributed by atoms with Crippen LogP contribution in [0.1, 0.15) is 15.2 Å². The molecule has 3 aromatic rings. The minimum Gasteiger partial charge on any atom is -0.321 e. The van der Waals surface area contributed by atoms with Gasteiger partial charge in [-0.3, -0.25) is 4.79 Å². The Kier molecular flexibility index (Phi) is 3.78. The van der Waals surface area contributed by atoms with Crippen molar-refractivity contribution in [3.8, 4) is 0 Å². The number of hydrogen-bond acceptors (Lipinski definition) is 2. The summed E-state index contributed by atoms with van der Waals surface area (Å²) >= 11 is 4.72. The van der Waals surface area contributed by atoms with Crippen molar-refractivity contribution in [1.29, 1.82) is 0 Å². The van der Waals surface area contributed by atoms with E-state index in [0.717, 1.165) is 25.8 Å². The summed E-state index contributed by atoms with van der Waals surface area (Å²) in [4.78, 5) is 12.8. The molecule has 0 bridgehead atoms. The van der Waals surface area contributed by atoms with Crippen molar-refractivity contribution in [1.82, 2.24) is 0 Å². The smallest absolute Gasteiger partial charge is 0.265 e. The van der Waals surface area contributed by atoms with Crippen LogP contribution in [0, 0.1) is 12.7 Å². The van der Waals surface area contributed by atoms with Crippen LogP contribution in [-0.2, 0) is 0 Å². The molecule has 0 fully saturated rings. The predicted octanol–water partition coefficient (Wildman–Crippen LogP) is 5.36. The number of fused-ring (bicyclic) bond motifs is 1. The summed E-state index contributed by atoms with van der Waals surface area (Å²) in [6.45, 7) is 1.98. The van der Waals surface area contributed by atoms with Gasteiger partial charge in [-0.1, -0.05) is 28.1 Å². The third-order valence-electron chi connectivity index (χ3n) is 3.14. The summed E-state index contributed by atoms with van der Waals surface area (Å²) in [5.41, 5.74) is 1.83. The highest BCUT2D eigenvalue weighted by molar-refractivity contribution is 9.10. The molecule has 1 N–H and O–H groups in total. The maximum Gasteiger partial charge on any atom is 0.265 e. The molecule has 1 amide bonds. The van der Waals surface area contributed by atoms with Gasteiger partial charge in [-0.15, -0.1) is 11.3 Å². The van der Waals surface area contributed by atoms with Gasteiger partial charge in [0, 0.05) is 14.9 Å². The number of carbonyl (C=O) groups excluding carboxylic acids is 1. The summed E-state index contributed by atoms with van der Waals surface area (Å²) < 4.78 is 14.9. The van der Waals surface area contributed by atoms with Crippen LogP contribution in [-0.4, -0.2) is 5.91 Å². The minimum atomic E-state index is -0.293. The Labute approximate surface area is 133 Å². The maximum absolute atomic E-state index is 13.2. The molecule has 0 unspecified atom stereocenters. The first kappa shape index (κ1) is 14.2. The number of anilines is 1. The molecule has 0 saturated carbocycles. The number of thiophene rings is 1. The van der Waals surface area contributed by atoms with Crippen LogP contribution in [0.25, 0.3) is 10.1 Å². The molecule has 21 heavy (non-hydrogen) atoms. The van der Waals surface area contributed by atoms with Crippen LogP contribution >= 0.6 is 27.3 Å². The molecule has 0 aliphatic rings. The average molecular weight is 364 g/mol. The number of aryl methyl sites for hydroxylation is 1. The molecular weight excluding hydrogens is 353 g/mol. The number of hydrogen-bond donors (Lipinski definition) is 1. The quantitative estimate of drug-likeness (QED) is 0.651. The number of nitrogens with one attached hydrogen (secondary N) is 1. The monoisotopic (exact) mass is 363 g/mol. The first-order chi connectivity index (χ1) is 10.0. The van der Waals surface area contributed by atoms with E-state index in [-0.39, 0.29) is 11.7 Å². The largest absolute Gasteiger partial charge is 0.321 e. The second-order valence-electron chi connectivity index (χ2n) is 4.71. The van der Waals surface area contributed by atoms with Gasteiger partial charge in [0.15, 0.2) is 0 Å². The molecule has 2 nitrogen and oxygen atoms in total. The predicted molar refractivity (Wildman–Crippen MR) is 88.6 cm³/mol. The van der Waals surface area contributed by atoms with Crippen LogP contribution in [0.5, 0.6) is 0 Å². The van der Waals surface area contributed by atoms with E-state index in [1.807, 2.05) is 25.1 Å². The highest BCUT2D eigenvalue weighted by atomic mass is 79.9.